The Morgan fingerprint density at radius 3 is 2.81 bits per heavy atom. The summed E-state index contributed by atoms with van der Waals surface area (Å²) in [6.07, 6.45) is 1.90. The van der Waals surface area contributed by atoms with Crippen molar-refractivity contribution in [2.24, 2.45) is 0 Å². The van der Waals surface area contributed by atoms with Gasteiger partial charge in [-0.2, -0.15) is 5.10 Å². The number of nitrogens with one attached hydrogen (secondary N) is 2. The Hall–Kier alpha value is -3.28. The van der Waals surface area contributed by atoms with Gasteiger partial charge < -0.3 is 14.8 Å². The fraction of sp³-hybridized carbons (Fsp3) is 0.238. The van der Waals surface area contributed by atoms with Gasteiger partial charge in [-0.05, 0) is 42.2 Å². The van der Waals surface area contributed by atoms with Crippen molar-refractivity contribution in [1.82, 2.24) is 15.5 Å². The lowest BCUT2D eigenvalue weighted by Crippen LogP contribution is -2.27. The van der Waals surface area contributed by atoms with E-state index in [1.807, 2.05) is 24.3 Å². The van der Waals surface area contributed by atoms with Gasteiger partial charge in [-0.3, -0.25) is 9.89 Å². The Morgan fingerprint density at radius 1 is 1.15 bits per heavy atom. The van der Waals surface area contributed by atoms with E-state index in [2.05, 4.69) is 27.6 Å². The molecule has 6 heteroatoms. The number of ether oxygens (including phenoxy) is 2. The molecule has 1 unspecified atom stereocenters. The normalized spacial score (nSPS) is 15.3. The first kappa shape index (κ1) is 17.1. The molecule has 1 atom stereocenters. The Labute approximate surface area is 157 Å². The molecular weight excluding hydrogens is 342 g/mol. The molecule has 4 rings (SSSR count). The second-order valence-corrected chi connectivity index (χ2v) is 6.50. The highest BCUT2D eigenvalue weighted by Gasteiger charge is 2.24. The van der Waals surface area contributed by atoms with Crippen LogP contribution in [0.25, 0.3) is 11.3 Å². The zero-order valence-electron chi connectivity index (χ0n) is 15.3. The third-order valence-corrected chi connectivity index (χ3v) is 4.95. The van der Waals surface area contributed by atoms with Gasteiger partial charge in [-0.15, -0.1) is 0 Å². The van der Waals surface area contributed by atoms with Gasteiger partial charge in [0.25, 0.3) is 5.91 Å². The number of carbonyl (C=O) groups is 1. The van der Waals surface area contributed by atoms with E-state index in [0.717, 1.165) is 18.4 Å². The number of amides is 1. The van der Waals surface area contributed by atoms with Gasteiger partial charge in [-0.25, -0.2) is 0 Å². The number of aromatic amines is 1. The first-order valence-electron chi connectivity index (χ1n) is 8.86. The first-order chi connectivity index (χ1) is 13.2. The molecule has 2 aromatic carbocycles. The first-order valence-corrected chi connectivity index (χ1v) is 8.86. The zero-order valence-corrected chi connectivity index (χ0v) is 15.3. The van der Waals surface area contributed by atoms with Crippen LogP contribution in [0.5, 0.6) is 11.5 Å². The van der Waals surface area contributed by atoms with Gasteiger partial charge in [0.1, 0.15) is 17.2 Å². The largest absolute Gasteiger partial charge is 0.497 e. The minimum atomic E-state index is -0.164. The topological polar surface area (TPSA) is 76.2 Å². The number of hydrogen-bond donors (Lipinski definition) is 2. The molecule has 1 aliphatic carbocycles. The smallest absolute Gasteiger partial charge is 0.269 e. The number of aromatic nitrogens is 2. The Morgan fingerprint density at radius 2 is 2.00 bits per heavy atom. The molecular formula is C21H21N3O3. The molecule has 2 N–H and O–H groups in total. The van der Waals surface area contributed by atoms with Crippen LogP contribution in [-0.2, 0) is 6.42 Å². The summed E-state index contributed by atoms with van der Waals surface area (Å²) < 4.78 is 10.6. The average Bonchev–Trinajstić information content (AvgIpc) is 3.35. The quantitative estimate of drug-likeness (QED) is 0.727. The van der Waals surface area contributed by atoms with Crippen molar-refractivity contribution >= 4 is 5.91 Å². The van der Waals surface area contributed by atoms with Crippen LogP contribution >= 0.6 is 0 Å². The molecule has 0 spiro atoms. The number of H-pyrrole nitrogens is 1. The number of benzene rings is 2. The lowest BCUT2D eigenvalue weighted by molar-refractivity contribution is 0.0931. The lowest BCUT2D eigenvalue weighted by Gasteiger charge is -2.13. The summed E-state index contributed by atoms with van der Waals surface area (Å²) in [7, 11) is 3.20. The number of nitrogens with zero attached hydrogens (tertiary/aromatic N) is 1. The highest BCUT2D eigenvalue weighted by molar-refractivity contribution is 5.94. The van der Waals surface area contributed by atoms with Gasteiger partial charge in [0.15, 0.2) is 0 Å². The van der Waals surface area contributed by atoms with E-state index in [9.17, 15) is 4.79 Å². The molecule has 0 fully saturated rings. The Bertz CT molecular complexity index is 980. The van der Waals surface area contributed by atoms with Crippen LogP contribution < -0.4 is 14.8 Å². The molecule has 0 aliphatic heterocycles. The van der Waals surface area contributed by atoms with Crippen molar-refractivity contribution in [1.29, 1.82) is 0 Å². The lowest BCUT2D eigenvalue weighted by atomic mass is 10.1. The van der Waals surface area contributed by atoms with Crippen LogP contribution in [-0.4, -0.2) is 30.3 Å². The van der Waals surface area contributed by atoms with E-state index in [1.165, 1.54) is 11.1 Å². The molecule has 0 radical (unpaired) electrons. The number of aryl methyl sites for hydroxylation is 1. The van der Waals surface area contributed by atoms with Crippen molar-refractivity contribution in [3.63, 3.8) is 0 Å². The van der Waals surface area contributed by atoms with Gasteiger partial charge >= 0.3 is 0 Å². The van der Waals surface area contributed by atoms with Crippen LogP contribution in [0.4, 0.5) is 0 Å². The average molecular weight is 363 g/mol. The predicted octanol–water partition coefficient (Wildman–Crippen LogP) is 3.51. The third-order valence-electron chi connectivity index (χ3n) is 4.95. The molecule has 1 aliphatic rings. The maximum absolute atomic E-state index is 12.7. The van der Waals surface area contributed by atoms with Crippen LogP contribution in [0.2, 0.25) is 0 Å². The molecule has 27 heavy (non-hydrogen) atoms. The van der Waals surface area contributed by atoms with E-state index in [-0.39, 0.29) is 11.9 Å². The maximum atomic E-state index is 12.7. The van der Waals surface area contributed by atoms with Gasteiger partial charge in [0.2, 0.25) is 0 Å². The summed E-state index contributed by atoms with van der Waals surface area (Å²) >= 11 is 0. The monoisotopic (exact) mass is 363 g/mol. The summed E-state index contributed by atoms with van der Waals surface area (Å²) in [4.78, 5) is 12.7. The SMILES string of the molecule is COc1ccc(-c2cc(C(=O)NC3CCc4ccccc43)[nH]n2)c(OC)c1. The van der Waals surface area contributed by atoms with Crippen LogP contribution in [0.15, 0.2) is 48.5 Å². The van der Waals surface area contributed by atoms with Gasteiger partial charge in [0.05, 0.1) is 26.0 Å². The van der Waals surface area contributed by atoms with Crippen LogP contribution in [0.1, 0.15) is 34.1 Å². The predicted molar refractivity (Wildman–Crippen MR) is 102 cm³/mol. The number of fused-ring (bicyclic) bond motifs is 1. The minimum absolute atomic E-state index is 0.0379. The van der Waals surface area contributed by atoms with Crippen molar-refractivity contribution in [3.05, 3.63) is 65.4 Å². The molecule has 138 valence electrons. The number of hydrogen-bond acceptors (Lipinski definition) is 4. The van der Waals surface area contributed by atoms with E-state index in [4.69, 9.17) is 9.47 Å². The number of methoxy groups -OCH3 is 2. The summed E-state index contributed by atoms with van der Waals surface area (Å²) in [5.41, 5.74) is 4.36. The van der Waals surface area contributed by atoms with Gasteiger partial charge in [-0.1, -0.05) is 24.3 Å². The second kappa shape index (κ2) is 7.15. The van der Waals surface area contributed by atoms with Crippen LogP contribution in [0, 0.1) is 0 Å². The fourth-order valence-electron chi connectivity index (χ4n) is 3.53. The standard InChI is InChI=1S/C21H21N3O3/c1-26-14-8-9-16(20(11-14)27-2)18-12-19(24-23-18)21(25)22-17-10-7-13-5-3-4-6-15(13)17/h3-6,8-9,11-12,17H,7,10H2,1-2H3,(H,22,25)(H,23,24). The van der Waals surface area contributed by atoms with Crippen molar-refractivity contribution in [2.75, 3.05) is 14.2 Å². The molecule has 1 aromatic heterocycles. The van der Waals surface area contributed by atoms with E-state index < -0.39 is 0 Å². The maximum Gasteiger partial charge on any atom is 0.269 e. The van der Waals surface area contributed by atoms with Crippen molar-refractivity contribution in [3.8, 4) is 22.8 Å². The summed E-state index contributed by atoms with van der Waals surface area (Å²) in [5, 5.41) is 10.2. The second-order valence-electron chi connectivity index (χ2n) is 6.50. The van der Waals surface area contributed by atoms with Crippen LogP contribution in [0.3, 0.4) is 0 Å². The fourth-order valence-corrected chi connectivity index (χ4v) is 3.53. The Kier molecular flexibility index (Phi) is 4.54. The summed E-state index contributed by atoms with van der Waals surface area (Å²) in [6, 6.07) is 15.5. The molecule has 1 amide bonds. The zero-order chi connectivity index (χ0) is 18.8. The molecule has 3 aromatic rings. The Balaban J connectivity index is 1.54. The number of carbonyl (C=O) groups excluding carboxylic acids is 1. The molecule has 0 saturated heterocycles. The summed E-state index contributed by atoms with van der Waals surface area (Å²) in [5.74, 6) is 1.17. The molecule has 0 saturated carbocycles. The van der Waals surface area contributed by atoms with E-state index in [1.54, 1.807) is 26.4 Å². The molecule has 0 bridgehead atoms. The van der Waals surface area contributed by atoms with Crippen molar-refractivity contribution in [2.45, 2.75) is 18.9 Å². The summed E-state index contributed by atoms with van der Waals surface area (Å²) in [6.45, 7) is 0. The number of rotatable bonds is 5. The minimum Gasteiger partial charge on any atom is -0.497 e. The highest BCUT2D eigenvalue weighted by Crippen LogP contribution is 2.33. The molecule has 1 heterocycles. The van der Waals surface area contributed by atoms with Crippen molar-refractivity contribution < 1.29 is 14.3 Å². The highest BCUT2D eigenvalue weighted by atomic mass is 16.5. The van der Waals surface area contributed by atoms with E-state index in [0.29, 0.717) is 22.9 Å². The third kappa shape index (κ3) is 3.26. The van der Waals surface area contributed by atoms with Gasteiger partial charge in [0, 0.05) is 11.6 Å². The van der Waals surface area contributed by atoms with E-state index >= 15 is 0 Å². The molecule has 6 nitrogen and oxygen atoms in total.